The van der Waals surface area contributed by atoms with Gasteiger partial charge in [-0.05, 0) is 81.2 Å². The molecular formula is C27H30N4O3. The summed E-state index contributed by atoms with van der Waals surface area (Å²) in [4.78, 5) is 31.9. The van der Waals surface area contributed by atoms with Crippen molar-refractivity contribution in [3.05, 3.63) is 65.4 Å². The number of fused-ring (bicyclic) bond motifs is 1. The summed E-state index contributed by atoms with van der Waals surface area (Å²) in [6, 6.07) is 13.9. The summed E-state index contributed by atoms with van der Waals surface area (Å²) in [7, 11) is 2.10. The van der Waals surface area contributed by atoms with Crippen molar-refractivity contribution in [3.8, 4) is 5.75 Å². The van der Waals surface area contributed by atoms with Crippen molar-refractivity contribution in [3.63, 3.8) is 0 Å². The molecule has 7 heteroatoms. The third-order valence-corrected chi connectivity index (χ3v) is 6.99. The van der Waals surface area contributed by atoms with E-state index in [4.69, 9.17) is 4.74 Å². The SMILES string of the molecule is CC(=O)Nc1cc(C2(NC(=O)c3cc(OCC4CCN4C)ccc3C)CC2)c2cccnc2c1. The van der Waals surface area contributed by atoms with E-state index in [9.17, 15) is 9.59 Å². The normalized spacial score (nSPS) is 18.7. The Morgan fingerprint density at radius 1 is 1.21 bits per heavy atom. The minimum absolute atomic E-state index is 0.122. The molecule has 2 heterocycles. The fraction of sp³-hybridized carbons (Fsp3) is 0.370. The van der Waals surface area contributed by atoms with Gasteiger partial charge in [0.2, 0.25) is 5.91 Å². The number of aromatic nitrogens is 1. The number of nitrogens with zero attached hydrogens (tertiary/aromatic N) is 2. The monoisotopic (exact) mass is 458 g/mol. The number of hydrogen-bond donors (Lipinski definition) is 2. The Labute approximate surface area is 199 Å². The van der Waals surface area contributed by atoms with Gasteiger partial charge in [0.15, 0.2) is 0 Å². The van der Waals surface area contributed by atoms with E-state index < -0.39 is 5.54 Å². The number of carbonyl (C=O) groups excluding carboxylic acids is 2. The molecule has 2 aliphatic rings. The van der Waals surface area contributed by atoms with Crippen molar-refractivity contribution in [2.24, 2.45) is 0 Å². The van der Waals surface area contributed by atoms with E-state index in [0.717, 1.165) is 47.8 Å². The highest BCUT2D eigenvalue weighted by Gasteiger charge is 2.47. The Kier molecular flexibility index (Phi) is 5.73. The average Bonchev–Trinajstić information content (AvgIpc) is 3.58. The van der Waals surface area contributed by atoms with Gasteiger partial charge in [0, 0.05) is 35.8 Å². The molecule has 1 saturated carbocycles. The van der Waals surface area contributed by atoms with Crippen molar-refractivity contribution >= 4 is 28.4 Å². The molecule has 1 atom stereocenters. The maximum Gasteiger partial charge on any atom is 0.252 e. The number of nitrogens with one attached hydrogen (secondary N) is 2. The molecule has 1 saturated heterocycles. The number of aryl methyl sites for hydroxylation is 1. The first-order valence-electron chi connectivity index (χ1n) is 11.8. The van der Waals surface area contributed by atoms with Gasteiger partial charge in [-0.1, -0.05) is 12.1 Å². The van der Waals surface area contributed by atoms with Crippen LogP contribution in [0.25, 0.3) is 10.9 Å². The zero-order valence-electron chi connectivity index (χ0n) is 19.9. The third kappa shape index (κ3) is 4.35. The van der Waals surface area contributed by atoms with Crippen LogP contribution in [0.3, 0.4) is 0 Å². The molecule has 1 aliphatic heterocycles. The van der Waals surface area contributed by atoms with E-state index in [1.165, 1.54) is 6.92 Å². The minimum Gasteiger partial charge on any atom is -0.492 e. The van der Waals surface area contributed by atoms with E-state index in [1.54, 1.807) is 6.20 Å². The number of ether oxygens (including phenoxy) is 1. The van der Waals surface area contributed by atoms with E-state index in [-0.39, 0.29) is 11.8 Å². The Balaban J connectivity index is 1.40. The zero-order valence-corrected chi connectivity index (χ0v) is 19.9. The molecule has 0 radical (unpaired) electrons. The van der Waals surface area contributed by atoms with Gasteiger partial charge in [-0.3, -0.25) is 19.5 Å². The summed E-state index contributed by atoms with van der Waals surface area (Å²) < 4.78 is 6.00. The smallest absolute Gasteiger partial charge is 0.252 e. The molecule has 176 valence electrons. The molecule has 1 aliphatic carbocycles. The van der Waals surface area contributed by atoms with Gasteiger partial charge in [0.25, 0.3) is 5.91 Å². The van der Waals surface area contributed by atoms with Crippen molar-refractivity contribution in [2.45, 2.75) is 44.7 Å². The number of carbonyl (C=O) groups is 2. The number of benzene rings is 2. The number of likely N-dealkylation sites (tertiary alicyclic amines) is 1. The summed E-state index contributed by atoms with van der Waals surface area (Å²) in [5.41, 5.74) is 3.49. The van der Waals surface area contributed by atoms with Crippen LogP contribution in [0, 0.1) is 6.92 Å². The molecule has 2 aromatic carbocycles. The fourth-order valence-electron chi connectivity index (χ4n) is 4.63. The number of amides is 2. The van der Waals surface area contributed by atoms with E-state index in [1.807, 2.05) is 49.4 Å². The summed E-state index contributed by atoms with van der Waals surface area (Å²) in [5.74, 6) is 0.446. The largest absolute Gasteiger partial charge is 0.492 e. The van der Waals surface area contributed by atoms with Crippen LogP contribution in [0.1, 0.15) is 47.7 Å². The summed E-state index contributed by atoms with van der Waals surface area (Å²) in [6.45, 7) is 5.15. The van der Waals surface area contributed by atoms with Crippen molar-refractivity contribution in [2.75, 3.05) is 25.5 Å². The molecule has 34 heavy (non-hydrogen) atoms. The maximum absolute atomic E-state index is 13.4. The van der Waals surface area contributed by atoms with Crippen molar-refractivity contribution in [1.82, 2.24) is 15.2 Å². The lowest BCUT2D eigenvalue weighted by Crippen LogP contribution is -2.48. The van der Waals surface area contributed by atoms with Crippen LogP contribution < -0.4 is 15.4 Å². The third-order valence-electron chi connectivity index (χ3n) is 6.99. The Bertz CT molecular complexity index is 1270. The Hall–Kier alpha value is -3.45. The molecule has 3 aromatic rings. The van der Waals surface area contributed by atoms with Crippen LogP contribution >= 0.6 is 0 Å². The molecule has 1 aromatic heterocycles. The number of likely N-dealkylation sites (N-methyl/N-ethyl adjacent to an activating group) is 1. The van der Waals surface area contributed by atoms with Gasteiger partial charge in [-0.2, -0.15) is 0 Å². The lowest BCUT2D eigenvalue weighted by molar-refractivity contribution is -0.114. The zero-order chi connectivity index (χ0) is 23.9. The average molecular weight is 459 g/mol. The minimum atomic E-state index is -0.481. The van der Waals surface area contributed by atoms with Gasteiger partial charge in [0.1, 0.15) is 12.4 Å². The van der Waals surface area contributed by atoms with Gasteiger partial charge >= 0.3 is 0 Å². The van der Waals surface area contributed by atoms with E-state index in [0.29, 0.717) is 29.6 Å². The van der Waals surface area contributed by atoms with Crippen molar-refractivity contribution in [1.29, 1.82) is 0 Å². The highest BCUT2D eigenvalue weighted by Crippen LogP contribution is 2.49. The number of pyridine rings is 1. The number of hydrogen-bond acceptors (Lipinski definition) is 5. The molecular weight excluding hydrogens is 428 g/mol. The molecule has 7 nitrogen and oxygen atoms in total. The van der Waals surface area contributed by atoms with Crippen LogP contribution in [0.15, 0.2) is 48.7 Å². The molecule has 0 bridgehead atoms. The number of anilines is 1. The molecule has 1 unspecified atom stereocenters. The maximum atomic E-state index is 13.4. The van der Waals surface area contributed by atoms with E-state index >= 15 is 0 Å². The summed E-state index contributed by atoms with van der Waals surface area (Å²) in [5, 5.41) is 7.13. The van der Waals surface area contributed by atoms with Crippen LogP contribution in [-0.4, -0.2) is 47.9 Å². The molecule has 0 spiro atoms. The first kappa shape index (κ1) is 22.3. The first-order chi connectivity index (χ1) is 16.3. The molecule has 5 rings (SSSR count). The predicted octanol–water partition coefficient (Wildman–Crippen LogP) is 4.00. The lowest BCUT2D eigenvalue weighted by atomic mass is 9.97. The number of rotatable bonds is 7. The van der Waals surface area contributed by atoms with Crippen LogP contribution in [-0.2, 0) is 10.3 Å². The molecule has 2 fully saturated rings. The highest BCUT2D eigenvalue weighted by molar-refractivity contribution is 5.98. The van der Waals surface area contributed by atoms with E-state index in [2.05, 4.69) is 27.6 Å². The van der Waals surface area contributed by atoms with Gasteiger partial charge in [-0.15, -0.1) is 0 Å². The summed E-state index contributed by atoms with van der Waals surface area (Å²) in [6.07, 6.45) is 4.53. The summed E-state index contributed by atoms with van der Waals surface area (Å²) >= 11 is 0. The Morgan fingerprint density at radius 2 is 2.03 bits per heavy atom. The second-order valence-corrected chi connectivity index (χ2v) is 9.52. The van der Waals surface area contributed by atoms with Gasteiger partial charge in [-0.25, -0.2) is 0 Å². The quantitative estimate of drug-likeness (QED) is 0.559. The van der Waals surface area contributed by atoms with Crippen LogP contribution in [0.2, 0.25) is 0 Å². The second-order valence-electron chi connectivity index (χ2n) is 9.52. The topological polar surface area (TPSA) is 83.6 Å². The second kappa shape index (κ2) is 8.72. The van der Waals surface area contributed by atoms with Crippen molar-refractivity contribution < 1.29 is 14.3 Å². The molecule has 2 N–H and O–H groups in total. The lowest BCUT2D eigenvalue weighted by Gasteiger charge is -2.37. The molecule has 2 amide bonds. The standard InChI is InChI=1S/C27H30N4O3/c1-17-6-7-21(34-16-20-8-12-31(20)3)15-23(17)26(33)30-27(9-10-27)24-13-19(29-18(2)32)14-25-22(24)5-4-11-28-25/h4-7,11,13-15,20H,8-10,12,16H2,1-3H3,(H,29,32)(H,30,33). The first-order valence-corrected chi connectivity index (χ1v) is 11.8. The fourth-order valence-corrected chi connectivity index (χ4v) is 4.63. The predicted molar refractivity (Wildman–Crippen MR) is 132 cm³/mol. The Morgan fingerprint density at radius 3 is 2.71 bits per heavy atom. The van der Waals surface area contributed by atoms with Crippen LogP contribution in [0.5, 0.6) is 5.75 Å². The van der Waals surface area contributed by atoms with Crippen LogP contribution in [0.4, 0.5) is 5.69 Å². The van der Waals surface area contributed by atoms with Gasteiger partial charge in [0.05, 0.1) is 11.1 Å². The highest BCUT2D eigenvalue weighted by atomic mass is 16.5. The van der Waals surface area contributed by atoms with Gasteiger partial charge < -0.3 is 15.4 Å².